The fraction of sp³-hybridized carbons (Fsp3) is 0.615. The van der Waals surface area contributed by atoms with E-state index < -0.39 is 12.0 Å². The van der Waals surface area contributed by atoms with E-state index in [1.54, 1.807) is 6.92 Å². The lowest BCUT2D eigenvalue weighted by Crippen LogP contribution is -2.43. The normalized spacial score (nSPS) is 12.5. The molecule has 0 aromatic carbocycles. The van der Waals surface area contributed by atoms with E-state index in [0.29, 0.717) is 6.42 Å². The van der Waals surface area contributed by atoms with Crippen molar-refractivity contribution in [3.05, 3.63) is 17.0 Å². The first-order valence-electron chi connectivity index (χ1n) is 6.27. The zero-order valence-electron chi connectivity index (χ0n) is 12.0. The molecule has 0 aliphatic rings. The summed E-state index contributed by atoms with van der Waals surface area (Å²) >= 11 is 0. The van der Waals surface area contributed by atoms with E-state index in [-0.39, 0.29) is 17.5 Å². The van der Waals surface area contributed by atoms with Gasteiger partial charge in [-0.3, -0.25) is 9.89 Å². The van der Waals surface area contributed by atoms with Gasteiger partial charge in [0, 0.05) is 18.3 Å². The maximum Gasteiger partial charge on any atom is 0.326 e. The summed E-state index contributed by atoms with van der Waals surface area (Å²) in [7, 11) is 1.51. The fourth-order valence-corrected chi connectivity index (χ4v) is 1.87. The molecule has 0 aliphatic carbocycles. The highest BCUT2D eigenvalue weighted by Crippen LogP contribution is 2.16. The largest absolute Gasteiger partial charge is 0.480 e. The molecular weight excluding hydrogens is 246 g/mol. The Morgan fingerprint density at radius 1 is 1.37 bits per heavy atom. The number of nitrogens with zero attached hydrogens (tertiary/aromatic N) is 2. The van der Waals surface area contributed by atoms with Crippen molar-refractivity contribution in [2.75, 3.05) is 7.05 Å². The number of amides is 1. The molecule has 0 bridgehead atoms. The maximum absolute atomic E-state index is 12.3. The minimum absolute atomic E-state index is 0.193. The number of aromatic amines is 1. The summed E-state index contributed by atoms with van der Waals surface area (Å²) in [5.41, 5.74) is 1.85. The smallest absolute Gasteiger partial charge is 0.326 e. The lowest BCUT2D eigenvalue weighted by Gasteiger charge is -2.25. The van der Waals surface area contributed by atoms with Crippen molar-refractivity contribution in [3.63, 3.8) is 0 Å². The Morgan fingerprint density at radius 2 is 1.95 bits per heavy atom. The van der Waals surface area contributed by atoms with Gasteiger partial charge in [-0.25, -0.2) is 4.79 Å². The number of likely N-dealkylation sites (N-methyl/N-ethyl adjacent to an activating group) is 1. The van der Waals surface area contributed by atoms with Gasteiger partial charge in [-0.15, -0.1) is 0 Å². The van der Waals surface area contributed by atoms with E-state index in [9.17, 15) is 14.7 Å². The second-order valence-electron chi connectivity index (χ2n) is 5.22. The first-order valence-corrected chi connectivity index (χ1v) is 6.27. The lowest BCUT2D eigenvalue weighted by molar-refractivity contribution is -0.142. The predicted molar refractivity (Wildman–Crippen MR) is 71.0 cm³/mol. The molecule has 0 saturated heterocycles. The van der Waals surface area contributed by atoms with Crippen LogP contribution >= 0.6 is 0 Å². The molecule has 0 fully saturated rings. The summed E-state index contributed by atoms with van der Waals surface area (Å²) in [4.78, 5) is 24.8. The van der Waals surface area contributed by atoms with Crippen molar-refractivity contribution in [1.82, 2.24) is 15.1 Å². The van der Waals surface area contributed by atoms with E-state index >= 15 is 0 Å². The summed E-state index contributed by atoms with van der Waals surface area (Å²) in [6.45, 7) is 7.47. The molecule has 1 amide bonds. The molecular formula is C13H21N3O3. The van der Waals surface area contributed by atoms with Crippen molar-refractivity contribution in [1.29, 1.82) is 0 Å². The van der Waals surface area contributed by atoms with Crippen molar-refractivity contribution in [3.8, 4) is 0 Å². The molecule has 1 heterocycles. The van der Waals surface area contributed by atoms with E-state index in [1.165, 1.54) is 11.9 Å². The van der Waals surface area contributed by atoms with Gasteiger partial charge in [0.15, 0.2) is 5.69 Å². The number of hydrogen-bond acceptors (Lipinski definition) is 3. The molecule has 6 nitrogen and oxygen atoms in total. The van der Waals surface area contributed by atoms with Gasteiger partial charge in [-0.05, 0) is 26.2 Å². The summed E-state index contributed by atoms with van der Waals surface area (Å²) in [6.07, 6.45) is 0.417. The number of carboxylic acids is 1. The molecule has 0 aliphatic heterocycles. The second-order valence-corrected chi connectivity index (χ2v) is 5.22. The molecule has 1 rings (SSSR count). The fourth-order valence-electron chi connectivity index (χ4n) is 1.87. The van der Waals surface area contributed by atoms with Gasteiger partial charge in [0.25, 0.3) is 5.91 Å². The second kappa shape index (κ2) is 5.86. The van der Waals surface area contributed by atoms with Gasteiger partial charge in [-0.2, -0.15) is 5.10 Å². The Morgan fingerprint density at radius 3 is 2.32 bits per heavy atom. The zero-order chi connectivity index (χ0) is 14.7. The molecule has 0 spiro atoms. The Bertz CT molecular complexity index is 479. The Balaban J connectivity index is 2.96. The van der Waals surface area contributed by atoms with Crippen molar-refractivity contribution < 1.29 is 14.7 Å². The molecule has 1 aromatic rings. The van der Waals surface area contributed by atoms with Crippen LogP contribution in [0.25, 0.3) is 0 Å². The standard InChI is InChI=1S/C13H21N3O3/c1-7(2)6-10(13(18)19)16(5)12(17)11-8(3)9(4)14-15-11/h7,10H,6H2,1-5H3,(H,14,15)(H,18,19). The monoisotopic (exact) mass is 267 g/mol. The molecule has 0 saturated carbocycles. The number of carbonyl (C=O) groups is 2. The minimum atomic E-state index is -0.991. The third-order valence-corrected chi connectivity index (χ3v) is 3.22. The number of nitrogens with one attached hydrogen (secondary N) is 1. The first-order chi connectivity index (χ1) is 8.75. The van der Waals surface area contributed by atoms with Gasteiger partial charge >= 0.3 is 5.97 Å². The lowest BCUT2D eigenvalue weighted by atomic mass is 10.0. The number of H-pyrrole nitrogens is 1. The van der Waals surface area contributed by atoms with Gasteiger partial charge in [0.2, 0.25) is 0 Å². The molecule has 1 atom stereocenters. The number of aliphatic carboxylic acids is 1. The molecule has 0 radical (unpaired) electrons. The highest BCUT2D eigenvalue weighted by atomic mass is 16.4. The number of rotatable bonds is 5. The number of aryl methyl sites for hydroxylation is 1. The summed E-state index contributed by atoms with van der Waals surface area (Å²) in [5, 5.41) is 15.9. The Hall–Kier alpha value is -1.85. The van der Waals surface area contributed by atoms with Crippen LogP contribution in [-0.4, -0.2) is 45.2 Å². The molecule has 19 heavy (non-hydrogen) atoms. The van der Waals surface area contributed by atoms with Crippen LogP contribution in [0.5, 0.6) is 0 Å². The Kier molecular flexibility index (Phi) is 4.69. The first kappa shape index (κ1) is 15.2. The third-order valence-electron chi connectivity index (χ3n) is 3.22. The zero-order valence-corrected chi connectivity index (χ0v) is 12.0. The molecule has 1 aromatic heterocycles. The topological polar surface area (TPSA) is 86.3 Å². The van der Waals surface area contributed by atoms with Crippen LogP contribution in [0.15, 0.2) is 0 Å². The average molecular weight is 267 g/mol. The van der Waals surface area contributed by atoms with Crippen LogP contribution in [0.2, 0.25) is 0 Å². The molecule has 2 N–H and O–H groups in total. The average Bonchev–Trinajstić information content (AvgIpc) is 2.65. The number of carbonyl (C=O) groups excluding carboxylic acids is 1. The van der Waals surface area contributed by atoms with Crippen LogP contribution in [0.3, 0.4) is 0 Å². The minimum Gasteiger partial charge on any atom is -0.480 e. The van der Waals surface area contributed by atoms with Crippen LogP contribution in [-0.2, 0) is 4.79 Å². The van der Waals surface area contributed by atoms with Crippen LogP contribution in [0.1, 0.15) is 42.0 Å². The highest BCUT2D eigenvalue weighted by molar-refractivity contribution is 5.96. The van der Waals surface area contributed by atoms with E-state index in [1.807, 2.05) is 20.8 Å². The van der Waals surface area contributed by atoms with E-state index in [0.717, 1.165) is 11.3 Å². The number of hydrogen-bond donors (Lipinski definition) is 2. The van der Waals surface area contributed by atoms with Gasteiger partial charge in [0.1, 0.15) is 6.04 Å². The quantitative estimate of drug-likeness (QED) is 0.848. The van der Waals surface area contributed by atoms with Crippen molar-refractivity contribution in [2.24, 2.45) is 5.92 Å². The number of carboxylic acid groups (broad SMARTS) is 1. The van der Waals surface area contributed by atoms with E-state index in [4.69, 9.17) is 0 Å². The van der Waals surface area contributed by atoms with E-state index in [2.05, 4.69) is 10.2 Å². The third kappa shape index (κ3) is 3.33. The van der Waals surface area contributed by atoms with Gasteiger partial charge in [-0.1, -0.05) is 13.8 Å². The van der Waals surface area contributed by atoms with Gasteiger partial charge in [0.05, 0.1) is 0 Å². The summed E-state index contributed by atoms with van der Waals surface area (Å²) in [5.74, 6) is -1.16. The Labute approximate surface area is 112 Å². The van der Waals surface area contributed by atoms with Crippen LogP contribution in [0.4, 0.5) is 0 Å². The molecule has 1 unspecified atom stereocenters. The summed E-state index contributed by atoms with van der Waals surface area (Å²) in [6, 6.07) is -0.830. The summed E-state index contributed by atoms with van der Waals surface area (Å²) < 4.78 is 0. The van der Waals surface area contributed by atoms with Crippen LogP contribution < -0.4 is 0 Å². The van der Waals surface area contributed by atoms with Crippen molar-refractivity contribution >= 4 is 11.9 Å². The molecule has 106 valence electrons. The molecule has 6 heteroatoms. The van der Waals surface area contributed by atoms with Crippen molar-refractivity contribution in [2.45, 2.75) is 40.2 Å². The SMILES string of the molecule is Cc1[nH]nc(C(=O)N(C)C(CC(C)C)C(=O)O)c1C. The predicted octanol–water partition coefficient (Wildman–Crippen LogP) is 1.60. The van der Waals surface area contributed by atoms with Gasteiger partial charge < -0.3 is 10.0 Å². The number of aromatic nitrogens is 2. The highest BCUT2D eigenvalue weighted by Gasteiger charge is 2.30. The van der Waals surface area contributed by atoms with Crippen LogP contribution in [0, 0.1) is 19.8 Å². The maximum atomic E-state index is 12.3.